The van der Waals surface area contributed by atoms with E-state index in [1.807, 2.05) is 30.3 Å². The molecular formula is C21H16BrClIN3O3. The van der Waals surface area contributed by atoms with Gasteiger partial charge in [-0.1, -0.05) is 23.7 Å². The molecule has 9 heteroatoms. The number of nitrogens with zero attached hydrogens (tertiary/aromatic N) is 2. The third-order valence-corrected chi connectivity index (χ3v) is 5.54. The summed E-state index contributed by atoms with van der Waals surface area (Å²) < 4.78 is 13.3. The van der Waals surface area contributed by atoms with E-state index in [0.717, 1.165) is 9.13 Å². The van der Waals surface area contributed by atoms with Crippen LogP contribution in [-0.4, -0.2) is 24.2 Å². The molecule has 0 saturated heterocycles. The Hall–Kier alpha value is -2.17. The molecule has 1 aromatic heterocycles. The highest BCUT2D eigenvalue weighted by Crippen LogP contribution is 2.36. The smallest absolute Gasteiger partial charge is 0.274 e. The second-order valence-electron chi connectivity index (χ2n) is 5.99. The minimum atomic E-state index is -0.451. The fourth-order valence-electron chi connectivity index (χ4n) is 2.47. The van der Waals surface area contributed by atoms with Gasteiger partial charge in [-0.05, 0) is 86.0 Å². The van der Waals surface area contributed by atoms with Gasteiger partial charge >= 0.3 is 0 Å². The number of nitrogens with one attached hydrogen (secondary N) is 1. The maximum atomic E-state index is 12.1. The van der Waals surface area contributed by atoms with Crippen molar-refractivity contribution < 1.29 is 14.3 Å². The monoisotopic (exact) mass is 599 g/mol. The Balaban J connectivity index is 1.70. The number of amides is 1. The number of rotatable bonds is 7. The van der Waals surface area contributed by atoms with Crippen LogP contribution in [0.1, 0.15) is 21.5 Å². The number of hydrogen-bond acceptors (Lipinski definition) is 5. The molecule has 0 unspecified atom stereocenters. The maximum absolute atomic E-state index is 12.1. The highest BCUT2D eigenvalue weighted by molar-refractivity contribution is 14.1. The van der Waals surface area contributed by atoms with Gasteiger partial charge in [-0.2, -0.15) is 5.10 Å². The summed E-state index contributed by atoms with van der Waals surface area (Å²) in [6.07, 6.45) is 3.01. The number of methoxy groups -OCH3 is 1. The molecule has 2 aromatic carbocycles. The van der Waals surface area contributed by atoms with Crippen molar-refractivity contribution in [2.75, 3.05) is 7.11 Å². The van der Waals surface area contributed by atoms with E-state index in [1.54, 1.807) is 25.3 Å². The first-order valence-corrected chi connectivity index (χ1v) is 10.9. The first-order valence-electron chi connectivity index (χ1n) is 8.66. The van der Waals surface area contributed by atoms with Crippen molar-refractivity contribution in [2.24, 2.45) is 5.10 Å². The minimum absolute atomic E-state index is 0.115. The number of halogens is 3. The summed E-state index contributed by atoms with van der Waals surface area (Å²) in [5.41, 5.74) is 4.43. The van der Waals surface area contributed by atoms with Crippen molar-refractivity contribution >= 4 is 62.2 Å². The Labute approximate surface area is 200 Å². The van der Waals surface area contributed by atoms with Crippen molar-refractivity contribution in [1.29, 1.82) is 0 Å². The molecule has 3 aromatic rings. The molecule has 30 heavy (non-hydrogen) atoms. The van der Waals surface area contributed by atoms with Crippen LogP contribution in [0.2, 0.25) is 5.15 Å². The van der Waals surface area contributed by atoms with Crippen LogP contribution in [-0.2, 0) is 6.61 Å². The van der Waals surface area contributed by atoms with Crippen LogP contribution in [0.4, 0.5) is 0 Å². The highest BCUT2D eigenvalue weighted by Gasteiger charge is 2.12. The Morgan fingerprint density at radius 3 is 2.77 bits per heavy atom. The largest absolute Gasteiger partial charge is 0.493 e. The van der Waals surface area contributed by atoms with Crippen molar-refractivity contribution in [1.82, 2.24) is 10.4 Å². The maximum Gasteiger partial charge on any atom is 0.274 e. The summed E-state index contributed by atoms with van der Waals surface area (Å²) in [6.45, 7) is 0.404. The topological polar surface area (TPSA) is 72.8 Å². The molecule has 1 amide bonds. The van der Waals surface area contributed by atoms with Gasteiger partial charge in [-0.25, -0.2) is 10.4 Å². The SMILES string of the molecule is COc1cc(C=NNC(=O)c2cccnc2Cl)cc(Br)c1OCc1ccc(I)cc1. The molecule has 0 fully saturated rings. The number of ether oxygens (including phenoxy) is 2. The van der Waals surface area contributed by atoms with Gasteiger partial charge < -0.3 is 9.47 Å². The fourth-order valence-corrected chi connectivity index (χ4v) is 3.61. The van der Waals surface area contributed by atoms with Crippen LogP contribution >= 0.6 is 50.1 Å². The van der Waals surface area contributed by atoms with E-state index < -0.39 is 5.91 Å². The molecule has 154 valence electrons. The Morgan fingerprint density at radius 2 is 2.07 bits per heavy atom. The van der Waals surface area contributed by atoms with Crippen molar-refractivity contribution in [3.8, 4) is 11.5 Å². The number of pyridine rings is 1. The number of aromatic nitrogens is 1. The molecule has 0 aliphatic heterocycles. The first-order chi connectivity index (χ1) is 14.5. The lowest BCUT2D eigenvalue weighted by molar-refractivity contribution is 0.0955. The van der Waals surface area contributed by atoms with Crippen LogP contribution in [0.15, 0.2) is 64.3 Å². The molecule has 0 atom stereocenters. The Kier molecular flexibility index (Phi) is 8.06. The zero-order valence-electron chi connectivity index (χ0n) is 15.7. The van der Waals surface area contributed by atoms with Gasteiger partial charge in [0.2, 0.25) is 0 Å². The van der Waals surface area contributed by atoms with E-state index in [4.69, 9.17) is 21.1 Å². The number of benzene rings is 2. The van der Waals surface area contributed by atoms with Gasteiger partial charge in [0.05, 0.1) is 23.4 Å². The van der Waals surface area contributed by atoms with Crippen LogP contribution < -0.4 is 14.9 Å². The van der Waals surface area contributed by atoms with E-state index in [9.17, 15) is 4.79 Å². The summed E-state index contributed by atoms with van der Waals surface area (Å²) in [4.78, 5) is 16.0. The molecule has 1 heterocycles. The summed E-state index contributed by atoms with van der Waals surface area (Å²) in [6, 6.07) is 14.9. The fraction of sp³-hybridized carbons (Fsp3) is 0.0952. The van der Waals surface area contributed by atoms with Gasteiger partial charge in [0.15, 0.2) is 11.5 Å². The quantitative estimate of drug-likeness (QED) is 0.169. The van der Waals surface area contributed by atoms with E-state index in [-0.39, 0.29) is 10.7 Å². The summed E-state index contributed by atoms with van der Waals surface area (Å²) >= 11 is 11.7. The number of hydrazone groups is 1. The highest BCUT2D eigenvalue weighted by atomic mass is 127. The Morgan fingerprint density at radius 1 is 1.30 bits per heavy atom. The molecule has 0 aliphatic rings. The van der Waals surface area contributed by atoms with Gasteiger partial charge in [0.1, 0.15) is 11.8 Å². The number of hydrogen-bond donors (Lipinski definition) is 1. The number of carbonyl (C=O) groups is 1. The summed E-state index contributed by atoms with van der Waals surface area (Å²) in [7, 11) is 1.56. The molecule has 3 rings (SSSR count). The minimum Gasteiger partial charge on any atom is -0.493 e. The van der Waals surface area contributed by atoms with Crippen molar-refractivity contribution in [3.05, 3.63) is 84.6 Å². The van der Waals surface area contributed by atoms with E-state index >= 15 is 0 Å². The van der Waals surface area contributed by atoms with Gasteiger partial charge in [0, 0.05) is 9.77 Å². The summed E-state index contributed by atoms with van der Waals surface area (Å²) in [5.74, 6) is 0.671. The third-order valence-electron chi connectivity index (χ3n) is 3.93. The molecule has 1 N–H and O–H groups in total. The zero-order chi connectivity index (χ0) is 21.5. The molecule has 0 radical (unpaired) electrons. The lowest BCUT2D eigenvalue weighted by Gasteiger charge is -2.13. The molecular weight excluding hydrogens is 585 g/mol. The van der Waals surface area contributed by atoms with Gasteiger partial charge in [-0.15, -0.1) is 0 Å². The number of carbonyl (C=O) groups excluding carboxylic acids is 1. The van der Waals surface area contributed by atoms with E-state index in [0.29, 0.717) is 28.1 Å². The lowest BCUT2D eigenvalue weighted by Crippen LogP contribution is -2.18. The molecule has 6 nitrogen and oxygen atoms in total. The van der Waals surface area contributed by atoms with Gasteiger partial charge in [0.25, 0.3) is 5.91 Å². The van der Waals surface area contributed by atoms with Crippen LogP contribution in [0.25, 0.3) is 0 Å². The normalized spacial score (nSPS) is 10.8. The lowest BCUT2D eigenvalue weighted by atomic mass is 10.2. The predicted octanol–water partition coefficient (Wildman–Crippen LogP) is 5.45. The second-order valence-corrected chi connectivity index (χ2v) is 8.45. The average Bonchev–Trinajstić information content (AvgIpc) is 2.74. The van der Waals surface area contributed by atoms with E-state index in [2.05, 4.69) is 54.0 Å². The third kappa shape index (κ3) is 5.93. The standard InChI is InChI=1S/C21H16BrClIN3O3/c1-29-18-10-14(11-26-27-21(28)16-3-2-8-25-20(16)23)9-17(22)19(18)30-12-13-4-6-15(24)7-5-13/h2-11H,12H2,1H3,(H,27,28). The van der Waals surface area contributed by atoms with Gasteiger partial charge in [-0.3, -0.25) is 4.79 Å². The predicted molar refractivity (Wildman–Crippen MR) is 128 cm³/mol. The van der Waals surface area contributed by atoms with Crippen LogP contribution in [0.5, 0.6) is 11.5 Å². The average molecular weight is 601 g/mol. The molecule has 0 spiro atoms. The van der Waals surface area contributed by atoms with E-state index in [1.165, 1.54) is 12.4 Å². The first kappa shape index (κ1) is 22.5. The van der Waals surface area contributed by atoms with Crippen molar-refractivity contribution in [3.63, 3.8) is 0 Å². The van der Waals surface area contributed by atoms with Crippen LogP contribution in [0.3, 0.4) is 0 Å². The summed E-state index contributed by atoms with van der Waals surface area (Å²) in [5, 5.41) is 4.09. The molecule has 0 bridgehead atoms. The molecule has 0 aliphatic carbocycles. The molecule has 0 saturated carbocycles. The van der Waals surface area contributed by atoms with Crippen LogP contribution in [0, 0.1) is 3.57 Å². The zero-order valence-corrected chi connectivity index (χ0v) is 20.2. The second kappa shape index (κ2) is 10.7. The van der Waals surface area contributed by atoms with Crippen molar-refractivity contribution in [2.45, 2.75) is 6.61 Å². The Bertz CT molecular complexity index is 1080.